The van der Waals surface area contributed by atoms with E-state index in [9.17, 15) is 19.2 Å². The maximum absolute atomic E-state index is 12.6. The summed E-state index contributed by atoms with van der Waals surface area (Å²) in [5.41, 5.74) is 4.88. The van der Waals surface area contributed by atoms with Crippen molar-refractivity contribution < 1.29 is 37.9 Å². The van der Waals surface area contributed by atoms with Crippen molar-refractivity contribution in [2.45, 2.75) is 33.1 Å². The van der Waals surface area contributed by atoms with Gasteiger partial charge >= 0.3 is 11.9 Å². The lowest BCUT2D eigenvalue weighted by Crippen LogP contribution is -2.07. The summed E-state index contributed by atoms with van der Waals surface area (Å²) in [6.45, 7) is 4.22. The molecule has 0 saturated heterocycles. The molecule has 0 bridgehead atoms. The molecule has 4 aromatic heterocycles. The summed E-state index contributed by atoms with van der Waals surface area (Å²) in [7, 11) is 0. The molecule has 4 heterocycles. The van der Waals surface area contributed by atoms with Crippen molar-refractivity contribution in [1.82, 2.24) is 0 Å². The minimum Gasteiger partial charge on any atom is -0.481 e. The third-order valence-electron chi connectivity index (χ3n) is 7.44. The van der Waals surface area contributed by atoms with E-state index in [0.29, 0.717) is 38.1 Å². The zero-order valence-corrected chi connectivity index (χ0v) is 28.8. The molecule has 6 rings (SSSR count). The van der Waals surface area contributed by atoms with Gasteiger partial charge in [0.2, 0.25) is 11.6 Å². The van der Waals surface area contributed by atoms with Gasteiger partial charge in [-0.05, 0) is 89.7 Å². The third kappa shape index (κ3) is 8.60. The van der Waals surface area contributed by atoms with E-state index in [0.717, 1.165) is 28.0 Å². The van der Waals surface area contributed by atoms with E-state index in [4.69, 9.17) is 23.9 Å². The number of carboxylic acids is 1. The highest BCUT2D eigenvalue weighted by Gasteiger charge is 2.22. The topological polar surface area (TPSA) is 148 Å². The Hall–Kier alpha value is -5.83. The Bertz CT molecular complexity index is 2130. The number of carboxylic acid groups (broad SMARTS) is 1. The van der Waals surface area contributed by atoms with Crippen molar-refractivity contribution >= 4 is 46.2 Å². The number of aryl methyl sites for hydroxylation is 1. The van der Waals surface area contributed by atoms with Gasteiger partial charge < -0.3 is 18.7 Å². The maximum atomic E-state index is 12.6. The molecule has 50 heavy (non-hydrogen) atoms. The molecule has 0 atom stereocenters. The number of furan rings is 2. The minimum absolute atomic E-state index is 0.140. The van der Waals surface area contributed by atoms with Crippen LogP contribution in [0.5, 0.6) is 0 Å². The zero-order chi connectivity index (χ0) is 35.6. The lowest BCUT2D eigenvalue weighted by Gasteiger charge is -2.05. The van der Waals surface area contributed by atoms with Crippen LogP contribution in [0.1, 0.15) is 67.0 Å². The van der Waals surface area contributed by atoms with E-state index in [2.05, 4.69) is 19.1 Å². The van der Waals surface area contributed by atoms with E-state index in [-0.39, 0.29) is 36.1 Å². The van der Waals surface area contributed by atoms with Crippen LogP contribution in [0.3, 0.4) is 0 Å². The van der Waals surface area contributed by atoms with Crippen LogP contribution in [0.25, 0.3) is 20.9 Å². The van der Waals surface area contributed by atoms with Crippen molar-refractivity contribution in [1.29, 1.82) is 5.26 Å². The number of hydrogen-bond donors (Lipinski definition) is 1. The number of thiophene rings is 2. The van der Waals surface area contributed by atoms with Crippen LogP contribution in [0.2, 0.25) is 0 Å². The number of esters is 1. The fourth-order valence-corrected chi connectivity index (χ4v) is 7.27. The second-order valence-corrected chi connectivity index (χ2v) is 12.9. The lowest BCUT2D eigenvalue weighted by molar-refractivity contribution is -0.142. The molecule has 252 valence electrons. The van der Waals surface area contributed by atoms with Gasteiger partial charge in [0.05, 0.1) is 53.4 Å². The molecule has 0 aliphatic rings. The first-order valence-corrected chi connectivity index (χ1v) is 17.2. The van der Waals surface area contributed by atoms with E-state index < -0.39 is 5.97 Å². The molecule has 0 saturated carbocycles. The van der Waals surface area contributed by atoms with Crippen molar-refractivity contribution in [3.63, 3.8) is 0 Å². The molecular weight excluding hydrogens is 675 g/mol. The molecule has 1 N–H and O–H groups in total. The highest BCUT2D eigenvalue weighted by Crippen LogP contribution is 2.36. The fourth-order valence-electron chi connectivity index (χ4n) is 5.01. The fraction of sp³-hybridized carbons (Fsp3) is 0.154. The maximum Gasteiger partial charge on any atom is 0.310 e. The Morgan fingerprint density at radius 1 is 0.740 bits per heavy atom. The van der Waals surface area contributed by atoms with Gasteiger partial charge in [0.25, 0.3) is 0 Å². The van der Waals surface area contributed by atoms with Gasteiger partial charge in [-0.25, -0.2) is 0 Å². The molecule has 0 spiro atoms. The van der Waals surface area contributed by atoms with Crippen molar-refractivity contribution in [2.75, 3.05) is 6.61 Å². The smallest absolute Gasteiger partial charge is 0.310 e. The molecule has 0 unspecified atom stereocenters. The van der Waals surface area contributed by atoms with Gasteiger partial charge in [0.15, 0.2) is 11.5 Å². The summed E-state index contributed by atoms with van der Waals surface area (Å²) < 4.78 is 15.4. The largest absolute Gasteiger partial charge is 0.481 e. The number of aliphatic carboxylic acids is 1. The minimum atomic E-state index is -0.973. The molecule has 0 aliphatic heterocycles. The number of ketones is 2. The first kappa shape index (κ1) is 35.5. The molecule has 0 fully saturated rings. The predicted octanol–water partition coefficient (Wildman–Crippen LogP) is 8.64. The number of carbonyl (C=O) groups is 4. The highest BCUT2D eigenvalue weighted by atomic mass is 32.1. The molecule has 9 nitrogen and oxygen atoms in total. The highest BCUT2D eigenvalue weighted by molar-refractivity contribution is 7.18. The number of ether oxygens (including phenoxy) is 1. The summed E-state index contributed by atoms with van der Waals surface area (Å²) in [6.07, 6.45) is 3.81. The van der Waals surface area contributed by atoms with E-state index >= 15 is 0 Å². The molecule has 0 amide bonds. The summed E-state index contributed by atoms with van der Waals surface area (Å²) >= 11 is 2.59. The first-order valence-electron chi connectivity index (χ1n) is 15.6. The third-order valence-corrected chi connectivity index (χ3v) is 9.89. The summed E-state index contributed by atoms with van der Waals surface area (Å²) in [4.78, 5) is 50.7. The first-order chi connectivity index (χ1) is 24.2. The van der Waals surface area contributed by atoms with E-state index in [1.807, 2.05) is 18.2 Å². The van der Waals surface area contributed by atoms with Gasteiger partial charge in [-0.15, -0.1) is 22.7 Å². The van der Waals surface area contributed by atoms with Crippen LogP contribution in [-0.4, -0.2) is 35.2 Å². The number of carbonyl (C=O) groups excluding carboxylic acids is 3. The number of rotatable bonds is 12. The average Bonchev–Trinajstić information content (AvgIpc) is 3.96. The lowest BCUT2D eigenvalue weighted by atomic mass is 10.0. The van der Waals surface area contributed by atoms with Gasteiger partial charge in [-0.1, -0.05) is 43.3 Å². The average molecular weight is 706 g/mol. The van der Waals surface area contributed by atoms with E-state index in [1.54, 1.807) is 67.6 Å². The Morgan fingerprint density at radius 3 is 1.66 bits per heavy atom. The molecule has 0 aliphatic carbocycles. The molecular formula is C39H31NO8S2. The summed E-state index contributed by atoms with van der Waals surface area (Å²) in [6, 6.07) is 26.9. The Morgan fingerprint density at radius 2 is 1.24 bits per heavy atom. The van der Waals surface area contributed by atoms with Crippen LogP contribution in [0.15, 0.2) is 106 Å². The Kier molecular flexibility index (Phi) is 11.7. The standard InChI is InChI=1S/C21H20O4S.C18H11NO4S/c1-3-14-7-9-15(10-8-14)21-16(13-19(22)24-4-2)12-18(26-21)20(23)17-6-5-11-25-17;19-10-11-3-5-12(6-4-11)18-13(9-16(20)21)8-15(24-18)17(22)14-2-1-7-23-14/h5-12H,3-4,13H2,1-2H3;1-8H,9H2,(H,20,21). The SMILES string of the molecule is CCOC(=O)Cc1cc(C(=O)c2ccco2)sc1-c1ccc(CC)cc1.N#Cc1ccc(-c2sc(C(=O)c3ccco3)cc2CC(=O)O)cc1. The Labute approximate surface area is 296 Å². The van der Waals surface area contributed by atoms with Crippen molar-refractivity contribution in [3.8, 4) is 27.0 Å². The number of hydrogen-bond acceptors (Lipinski definition) is 10. The normalized spacial score (nSPS) is 10.5. The van der Waals surface area contributed by atoms with Crippen LogP contribution in [0.4, 0.5) is 0 Å². The van der Waals surface area contributed by atoms with Crippen LogP contribution >= 0.6 is 22.7 Å². The number of nitrogens with zero attached hydrogens (tertiary/aromatic N) is 1. The van der Waals surface area contributed by atoms with Crippen LogP contribution < -0.4 is 0 Å². The van der Waals surface area contributed by atoms with Gasteiger partial charge in [-0.2, -0.15) is 5.26 Å². The molecule has 2 aromatic carbocycles. The molecule has 11 heteroatoms. The quantitative estimate of drug-likeness (QED) is 0.0976. The number of benzene rings is 2. The van der Waals surface area contributed by atoms with Gasteiger partial charge in [-0.3, -0.25) is 19.2 Å². The summed E-state index contributed by atoms with van der Waals surface area (Å²) in [5, 5.41) is 18.0. The van der Waals surface area contributed by atoms with E-state index in [1.165, 1.54) is 40.8 Å². The Balaban J connectivity index is 0.000000195. The number of nitriles is 1. The molecule has 0 radical (unpaired) electrons. The second-order valence-electron chi connectivity index (χ2n) is 10.8. The van der Waals surface area contributed by atoms with Crippen molar-refractivity contribution in [2.24, 2.45) is 0 Å². The van der Waals surface area contributed by atoms with Gasteiger partial charge in [0, 0.05) is 9.75 Å². The van der Waals surface area contributed by atoms with Gasteiger partial charge in [0.1, 0.15) is 0 Å². The van der Waals surface area contributed by atoms with Crippen LogP contribution in [-0.2, 0) is 33.6 Å². The zero-order valence-electron chi connectivity index (χ0n) is 27.1. The van der Waals surface area contributed by atoms with Crippen LogP contribution in [0, 0.1) is 11.3 Å². The summed E-state index contributed by atoms with van der Waals surface area (Å²) in [5.74, 6) is -1.22. The second kappa shape index (κ2) is 16.5. The monoisotopic (exact) mass is 705 g/mol. The van der Waals surface area contributed by atoms with Crippen molar-refractivity contribution in [3.05, 3.63) is 141 Å². The predicted molar refractivity (Wildman–Crippen MR) is 190 cm³/mol. The molecule has 6 aromatic rings.